The van der Waals surface area contributed by atoms with Gasteiger partial charge in [0.05, 0.1) is 19.1 Å². The molecule has 144 valence electrons. The predicted octanol–water partition coefficient (Wildman–Crippen LogP) is 3.92. The Kier molecular flexibility index (Phi) is 7.92. The number of benzene rings is 2. The van der Waals surface area contributed by atoms with Gasteiger partial charge in [-0.1, -0.05) is 42.5 Å². The second-order valence-corrected chi connectivity index (χ2v) is 7.10. The molecule has 0 fully saturated rings. The molecule has 0 N–H and O–H groups in total. The van der Waals surface area contributed by atoms with Gasteiger partial charge < -0.3 is 14.3 Å². The number of hydrogen-bond donors (Lipinski definition) is 1. The van der Waals surface area contributed by atoms with E-state index in [0.29, 0.717) is 12.8 Å². The minimum absolute atomic E-state index is 0.0606. The number of carbonyl (C=O) groups is 2. The Morgan fingerprint density at radius 2 is 1.78 bits per heavy atom. The van der Waals surface area contributed by atoms with E-state index in [1.165, 1.54) is 0 Å². The highest BCUT2D eigenvalue weighted by Gasteiger charge is 2.45. The van der Waals surface area contributed by atoms with Crippen LogP contribution in [0.5, 0.6) is 5.75 Å². The second kappa shape index (κ2) is 10.2. The molecule has 0 aliphatic heterocycles. The van der Waals surface area contributed by atoms with Gasteiger partial charge in [-0.3, -0.25) is 4.79 Å². The molecule has 2 atom stereocenters. The van der Waals surface area contributed by atoms with Gasteiger partial charge in [0.2, 0.25) is 0 Å². The molecular formula is C22H26O4S. The number of ether oxygens (including phenoxy) is 2. The molecule has 0 aliphatic rings. The summed E-state index contributed by atoms with van der Waals surface area (Å²) >= 11 is 4.78. The van der Waals surface area contributed by atoms with Crippen molar-refractivity contribution in [2.45, 2.75) is 31.4 Å². The van der Waals surface area contributed by atoms with Gasteiger partial charge in [-0.2, -0.15) is 12.6 Å². The minimum atomic E-state index is -1.03. The SMILES string of the molecule is CCOC(=O)C(CC=O)(Cc1ccccc1)C(S)Cc1ccc(OC)cc1. The van der Waals surface area contributed by atoms with Crippen LogP contribution in [0, 0.1) is 5.41 Å². The molecule has 0 spiro atoms. The number of methoxy groups -OCH3 is 1. The summed E-state index contributed by atoms with van der Waals surface area (Å²) in [7, 11) is 1.62. The highest BCUT2D eigenvalue weighted by atomic mass is 32.1. The monoisotopic (exact) mass is 386 g/mol. The van der Waals surface area contributed by atoms with E-state index >= 15 is 0 Å². The Balaban J connectivity index is 2.34. The molecule has 0 saturated heterocycles. The summed E-state index contributed by atoms with van der Waals surface area (Å²) < 4.78 is 10.6. The Labute approximate surface area is 166 Å². The first-order valence-corrected chi connectivity index (χ1v) is 9.53. The Bertz CT molecular complexity index is 730. The van der Waals surface area contributed by atoms with Gasteiger partial charge in [0.15, 0.2) is 0 Å². The first kappa shape index (κ1) is 21.0. The average Bonchev–Trinajstić information content (AvgIpc) is 2.69. The van der Waals surface area contributed by atoms with Crippen LogP contribution in [0.3, 0.4) is 0 Å². The molecule has 2 aromatic rings. The van der Waals surface area contributed by atoms with Crippen molar-refractivity contribution in [1.82, 2.24) is 0 Å². The molecule has 0 heterocycles. The quantitative estimate of drug-likeness (QED) is 0.382. The van der Waals surface area contributed by atoms with Crippen molar-refractivity contribution in [3.8, 4) is 5.75 Å². The number of esters is 1. The molecule has 4 nitrogen and oxygen atoms in total. The van der Waals surface area contributed by atoms with Crippen molar-refractivity contribution in [1.29, 1.82) is 0 Å². The van der Waals surface area contributed by atoms with Gasteiger partial charge in [-0.25, -0.2) is 0 Å². The van der Waals surface area contributed by atoms with Crippen LogP contribution in [0.2, 0.25) is 0 Å². The zero-order valence-corrected chi connectivity index (χ0v) is 16.7. The van der Waals surface area contributed by atoms with Gasteiger partial charge in [-0.15, -0.1) is 0 Å². The molecule has 0 radical (unpaired) electrons. The number of hydrogen-bond acceptors (Lipinski definition) is 5. The standard InChI is InChI=1S/C22H26O4S/c1-3-26-21(24)22(13-14-23,16-18-7-5-4-6-8-18)20(27)15-17-9-11-19(25-2)12-10-17/h4-12,14,20,27H,3,13,15-16H2,1-2H3. The maximum Gasteiger partial charge on any atom is 0.313 e. The van der Waals surface area contributed by atoms with Crippen LogP contribution >= 0.6 is 12.6 Å². The van der Waals surface area contributed by atoms with E-state index in [0.717, 1.165) is 23.2 Å². The maximum absolute atomic E-state index is 12.9. The fraction of sp³-hybridized carbons (Fsp3) is 0.364. The Morgan fingerprint density at radius 1 is 1.11 bits per heavy atom. The maximum atomic E-state index is 12.9. The topological polar surface area (TPSA) is 52.6 Å². The van der Waals surface area contributed by atoms with Gasteiger partial charge in [0, 0.05) is 11.7 Å². The van der Waals surface area contributed by atoms with Crippen molar-refractivity contribution < 1.29 is 19.1 Å². The average molecular weight is 387 g/mol. The molecule has 0 saturated carbocycles. The van der Waals surface area contributed by atoms with Crippen molar-refractivity contribution in [2.75, 3.05) is 13.7 Å². The highest BCUT2D eigenvalue weighted by molar-refractivity contribution is 7.81. The molecule has 27 heavy (non-hydrogen) atoms. The molecule has 5 heteroatoms. The molecule has 2 unspecified atom stereocenters. The second-order valence-electron chi connectivity index (χ2n) is 6.48. The lowest BCUT2D eigenvalue weighted by Gasteiger charge is -2.35. The molecule has 2 aromatic carbocycles. The molecule has 0 aromatic heterocycles. The van der Waals surface area contributed by atoms with E-state index in [1.807, 2.05) is 54.6 Å². The highest BCUT2D eigenvalue weighted by Crippen LogP contribution is 2.37. The van der Waals surface area contributed by atoms with Crippen LogP contribution in [0.4, 0.5) is 0 Å². The molecule has 2 rings (SSSR count). The largest absolute Gasteiger partial charge is 0.497 e. The first-order valence-electron chi connectivity index (χ1n) is 9.01. The van der Waals surface area contributed by atoms with Gasteiger partial charge in [0.1, 0.15) is 12.0 Å². The van der Waals surface area contributed by atoms with E-state index in [2.05, 4.69) is 0 Å². The number of thiol groups is 1. The molecular weight excluding hydrogens is 360 g/mol. The summed E-state index contributed by atoms with van der Waals surface area (Å²) in [4.78, 5) is 24.4. The first-order chi connectivity index (χ1) is 13.1. The van der Waals surface area contributed by atoms with Crippen LogP contribution in [-0.4, -0.2) is 31.2 Å². The smallest absolute Gasteiger partial charge is 0.313 e. The minimum Gasteiger partial charge on any atom is -0.497 e. The molecule has 0 amide bonds. The fourth-order valence-electron chi connectivity index (χ4n) is 3.18. The van der Waals surface area contributed by atoms with E-state index in [-0.39, 0.29) is 24.2 Å². The zero-order chi connectivity index (χ0) is 19.7. The summed E-state index contributed by atoms with van der Waals surface area (Å²) in [5.41, 5.74) is 0.965. The van der Waals surface area contributed by atoms with Crippen molar-refractivity contribution in [3.05, 3.63) is 65.7 Å². The third kappa shape index (κ3) is 5.36. The molecule has 0 bridgehead atoms. The van der Waals surface area contributed by atoms with Crippen LogP contribution < -0.4 is 4.74 Å². The molecule has 0 aliphatic carbocycles. The fourth-order valence-corrected chi connectivity index (χ4v) is 3.69. The third-order valence-corrected chi connectivity index (χ3v) is 5.39. The Morgan fingerprint density at radius 3 is 2.33 bits per heavy atom. The predicted molar refractivity (Wildman–Crippen MR) is 109 cm³/mol. The lowest BCUT2D eigenvalue weighted by atomic mass is 9.74. The summed E-state index contributed by atoms with van der Waals surface area (Å²) in [6, 6.07) is 17.3. The van der Waals surface area contributed by atoms with Gasteiger partial charge >= 0.3 is 5.97 Å². The third-order valence-electron chi connectivity index (χ3n) is 4.72. The lowest BCUT2D eigenvalue weighted by Crippen LogP contribution is -2.44. The van der Waals surface area contributed by atoms with Crippen LogP contribution in [0.25, 0.3) is 0 Å². The number of aldehydes is 1. The van der Waals surface area contributed by atoms with E-state index in [9.17, 15) is 9.59 Å². The van der Waals surface area contributed by atoms with Crippen molar-refractivity contribution >= 4 is 24.9 Å². The van der Waals surface area contributed by atoms with E-state index in [4.69, 9.17) is 22.1 Å². The summed E-state index contributed by atoms with van der Waals surface area (Å²) in [6.07, 6.45) is 1.78. The van der Waals surface area contributed by atoms with Crippen LogP contribution in [-0.2, 0) is 27.2 Å². The van der Waals surface area contributed by atoms with Crippen molar-refractivity contribution in [3.63, 3.8) is 0 Å². The number of rotatable bonds is 10. The van der Waals surface area contributed by atoms with Crippen LogP contribution in [0.1, 0.15) is 24.5 Å². The van der Waals surface area contributed by atoms with E-state index < -0.39 is 5.41 Å². The summed E-state index contributed by atoms with van der Waals surface area (Å²) in [5, 5.41) is -0.379. The summed E-state index contributed by atoms with van der Waals surface area (Å²) in [5.74, 6) is 0.387. The lowest BCUT2D eigenvalue weighted by molar-refractivity contribution is -0.156. The van der Waals surface area contributed by atoms with Crippen LogP contribution in [0.15, 0.2) is 54.6 Å². The Hall–Kier alpha value is -2.27. The van der Waals surface area contributed by atoms with E-state index in [1.54, 1.807) is 14.0 Å². The van der Waals surface area contributed by atoms with Gasteiger partial charge in [-0.05, 0) is 43.0 Å². The van der Waals surface area contributed by atoms with Crippen molar-refractivity contribution in [2.24, 2.45) is 5.41 Å². The number of carbonyl (C=O) groups excluding carboxylic acids is 2. The summed E-state index contributed by atoms with van der Waals surface area (Å²) in [6.45, 7) is 2.03. The normalized spacial score (nSPS) is 14.0. The zero-order valence-electron chi connectivity index (χ0n) is 15.8. The van der Waals surface area contributed by atoms with Gasteiger partial charge in [0.25, 0.3) is 0 Å².